The minimum Gasteiger partial charge on any atom is -0.359 e. The third-order valence-electron chi connectivity index (χ3n) is 2.86. The molecule has 4 heteroatoms. The van der Waals surface area contributed by atoms with Gasteiger partial charge in [0.1, 0.15) is 0 Å². The van der Waals surface area contributed by atoms with Gasteiger partial charge in [0.15, 0.2) is 0 Å². The number of aromatic nitrogens is 1. The van der Waals surface area contributed by atoms with E-state index in [1.807, 2.05) is 44.1 Å². The van der Waals surface area contributed by atoms with Crippen molar-refractivity contribution in [2.75, 3.05) is 26.0 Å². The molecular formula is C14H19N3O. The molecule has 0 saturated heterocycles. The van der Waals surface area contributed by atoms with E-state index in [9.17, 15) is 4.79 Å². The third kappa shape index (κ3) is 2.90. The number of hydrogen-bond acceptors (Lipinski definition) is 2. The van der Waals surface area contributed by atoms with E-state index in [0.29, 0.717) is 6.42 Å². The number of nitrogens with one attached hydrogen (secondary N) is 2. The van der Waals surface area contributed by atoms with Crippen LogP contribution in [0, 0.1) is 6.92 Å². The second kappa shape index (κ2) is 5.23. The second-order valence-electron chi connectivity index (χ2n) is 4.82. The first-order chi connectivity index (χ1) is 8.56. The van der Waals surface area contributed by atoms with Crippen molar-refractivity contribution in [3.05, 3.63) is 30.0 Å². The van der Waals surface area contributed by atoms with Crippen LogP contribution >= 0.6 is 0 Å². The summed E-state index contributed by atoms with van der Waals surface area (Å²) in [6, 6.07) is 7.94. The highest BCUT2D eigenvalue weighted by molar-refractivity contribution is 6.01. The Labute approximate surface area is 107 Å². The Morgan fingerprint density at radius 1 is 1.39 bits per heavy atom. The van der Waals surface area contributed by atoms with Crippen LogP contribution in [0.25, 0.3) is 10.9 Å². The molecule has 0 unspecified atom stereocenters. The van der Waals surface area contributed by atoms with Gasteiger partial charge in [-0.25, -0.2) is 0 Å². The molecule has 0 aliphatic rings. The van der Waals surface area contributed by atoms with Crippen LogP contribution in [0.15, 0.2) is 24.3 Å². The van der Waals surface area contributed by atoms with Gasteiger partial charge >= 0.3 is 0 Å². The summed E-state index contributed by atoms with van der Waals surface area (Å²) in [4.78, 5) is 17.1. The molecule has 0 aliphatic carbocycles. The van der Waals surface area contributed by atoms with Crippen LogP contribution in [0.5, 0.6) is 0 Å². The van der Waals surface area contributed by atoms with Gasteiger partial charge in [0.2, 0.25) is 5.91 Å². The molecule has 0 aliphatic heterocycles. The summed E-state index contributed by atoms with van der Waals surface area (Å²) in [6.07, 6.45) is 0.507. The van der Waals surface area contributed by atoms with Crippen molar-refractivity contribution in [3.63, 3.8) is 0 Å². The molecule has 1 aromatic heterocycles. The molecule has 2 rings (SSSR count). The predicted octanol–water partition coefficient (Wildman–Crippen LogP) is 2.37. The molecule has 0 saturated carbocycles. The van der Waals surface area contributed by atoms with Crippen molar-refractivity contribution in [2.45, 2.75) is 13.3 Å². The minimum absolute atomic E-state index is 0.0510. The standard InChI is InChI=1S/C14H19N3O/c1-10-9-11-12(15-10)5-4-6-13(11)16-14(18)7-8-17(2)3/h4-6,9,15H,7-8H2,1-3H3,(H,16,18). The van der Waals surface area contributed by atoms with Crippen molar-refractivity contribution in [1.29, 1.82) is 0 Å². The average Bonchev–Trinajstić information content (AvgIpc) is 2.68. The largest absolute Gasteiger partial charge is 0.359 e. The fraction of sp³-hybridized carbons (Fsp3) is 0.357. The fourth-order valence-corrected chi connectivity index (χ4v) is 1.94. The van der Waals surface area contributed by atoms with Gasteiger partial charge in [-0.15, -0.1) is 0 Å². The smallest absolute Gasteiger partial charge is 0.225 e. The molecule has 0 atom stereocenters. The van der Waals surface area contributed by atoms with Crippen molar-refractivity contribution < 1.29 is 4.79 Å². The first-order valence-corrected chi connectivity index (χ1v) is 6.09. The summed E-state index contributed by atoms with van der Waals surface area (Å²) in [6.45, 7) is 2.77. The Bertz CT molecular complexity index is 557. The van der Waals surface area contributed by atoms with Gasteiger partial charge < -0.3 is 15.2 Å². The van der Waals surface area contributed by atoms with Crippen LogP contribution in [-0.4, -0.2) is 36.4 Å². The highest BCUT2D eigenvalue weighted by atomic mass is 16.1. The molecule has 2 aromatic rings. The number of amides is 1. The van der Waals surface area contributed by atoms with E-state index in [1.165, 1.54) is 0 Å². The molecule has 4 nitrogen and oxygen atoms in total. The lowest BCUT2D eigenvalue weighted by Gasteiger charge is -2.10. The monoisotopic (exact) mass is 245 g/mol. The Hall–Kier alpha value is -1.81. The van der Waals surface area contributed by atoms with E-state index in [0.717, 1.165) is 28.8 Å². The van der Waals surface area contributed by atoms with E-state index in [-0.39, 0.29) is 5.91 Å². The maximum absolute atomic E-state index is 11.8. The number of fused-ring (bicyclic) bond motifs is 1. The van der Waals surface area contributed by atoms with Crippen molar-refractivity contribution in [3.8, 4) is 0 Å². The number of hydrogen-bond donors (Lipinski definition) is 2. The van der Waals surface area contributed by atoms with Crippen LogP contribution in [0.4, 0.5) is 5.69 Å². The number of aromatic amines is 1. The van der Waals surface area contributed by atoms with Gasteiger partial charge in [-0.1, -0.05) is 6.07 Å². The zero-order valence-corrected chi connectivity index (χ0v) is 11.1. The van der Waals surface area contributed by atoms with Gasteiger partial charge in [-0.05, 0) is 39.2 Å². The Morgan fingerprint density at radius 3 is 2.89 bits per heavy atom. The number of anilines is 1. The fourth-order valence-electron chi connectivity index (χ4n) is 1.94. The molecule has 0 bridgehead atoms. The maximum atomic E-state index is 11.8. The summed E-state index contributed by atoms with van der Waals surface area (Å²) in [5.41, 5.74) is 3.03. The molecule has 1 heterocycles. The molecular weight excluding hydrogens is 226 g/mol. The van der Waals surface area contributed by atoms with E-state index in [1.54, 1.807) is 0 Å². The Balaban J connectivity index is 2.14. The molecule has 1 aromatic carbocycles. The quantitative estimate of drug-likeness (QED) is 0.868. The maximum Gasteiger partial charge on any atom is 0.225 e. The molecule has 96 valence electrons. The molecule has 0 fully saturated rings. The van der Waals surface area contributed by atoms with Crippen LogP contribution in [0.2, 0.25) is 0 Å². The van der Waals surface area contributed by atoms with Crippen molar-refractivity contribution >= 4 is 22.5 Å². The Morgan fingerprint density at radius 2 is 2.17 bits per heavy atom. The lowest BCUT2D eigenvalue weighted by molar-refractivity contribution is -0.116. The summed E-state index contributed by atoms with van der Waals surface area (Å²) >= 11 is 0. The van der Waals surface area contributed by atoms with Gasteiger partial charge in [-0.2, -0.15) is 0 Å². The van der Waals surface area contributed by atoms with Crippen LogP contribution in [-0.2, 0) is 4.79 Å². The first kappa shape index (κ1) is 12.6. The van der Waals surface area contributed by atoms with E-state index in [4.69, 9.17) is 0 Å². The van der Waals surface area contributed by atoms with E-state index < -0.39 is 0 Å². The van der Waals surface area contributed by atoms with Gasteiger partial charge in [0.05, 0.1) is 5.69 Å². The normalized spacial score (nSPS) is 11.1. The topological polar surface area (TPSA) is 48.1 Å². The number of carbonyl (C=O) groups excluding carboxylic acids is 1. The summed E-state index contributed by atoms with van der Waals surface area (Å²) in [5.74, 6) is 0.0510. The molecule has 0 spiro atoms. The molecule has 0 radical (unpaired) electrons. The first-order valence-electron chi connectivity index (χ1n) is 6.09. The molecule has 2 N–H and O–H groups in total. The number of H-pyrrole nitrogens is 1. The number of aryl methyl sites for hydroxylation is 1. The number of nitrogens with zero attached hydrogens (tertiary/aromatic N) is 1. The Kier molecular flexibility index (Phi) is 3.67. The summed E-state index contributed by atoms with van der Waals surface area (Å²) < 4.78 is 0. The zero-order valence-electron chi connectivity index (χ0n) is 11.1. The SMILES string of the molecule is Cc1cc2c(NC(=O)CCN(C)C)cccc2[nH]1. The molecule has 1 amide bonds. The van der Waals surface area contributed by atoms with Gasteiger partial charge in [0, 0.05) is 29.6 Å². The highest BCUT2D eigenvalue weighted by Crippen LogP contribution is 2.24. The van der Waals surface area contributed by atoms with E-state index in [2.05, 4.69) is 16.4 Å². The lowest BCUT2D eigenvalue weighted by atomic mass is 10.2. The molecule has 18 heavy (non-hydrogen) atoms. The second-order valence-corrected chi connectivity index (χ2v) is 4.82. The minimum atomic E-state index is 0.0510. The van der Waals surface area contributed by atoms with Crippen LogP contribution in [0.1, 0.15) is 12.1 Å². The number of benzene rings is 1. The third-order valence-corrected chi connectivity index (χ3v) is 2.86. The zero-order chi connectivity index (χ0) is 13.1. The van der Waals surface area contributed by atoms with Gasteiger partial charge in [0.25, 0.3) is 0 Å². The number of carbonyl (C=O) groups is 1. The van der Waals surface area contributed by atoms with Crippen molar-refractivity contribution in [2.24, 2.45) is 0 Å². The summed E-state index contributed by atoms with van der Waals surface area (Å²) in [5, 5.41) is 4.03. The highest BCUT2D eigenvalue weighted by Gasteiger charge is 2.07. The average molecular weight is 245 g/mol. The van der Waals surface area contributed by atoms with Gasteiger partial charge in [-0.3, -0.25) is 4.79 Å². The van der Waals surface area contributed by atoms with E-state index >= 15 is 0 Å². The number of rotatable bonds is 4. The van der Waals surface area contributed by atoms with Crippen molar-refractivity contribution in [1.82, 2.24) is 9.88 Å². The lowest BCUT2D eigenvalue weighted by Crippen LogP contribution is -2.20. The predicted molar refractivity (Wildman–Crippen MR) is 74.8 cm³/mol. The van der Waals surface area contributed by atoms with Crippen LogP contribution < -0.4 is 5.32 Å². The summed E-state index contributed by atoms with van der Waals surface area (Å²) in [7, 11) is 3.92. The van der Waals surface area contributed by atoms with Crippen LogP contribution in [0.3, 0.4) is 0 Å².